The van der Waals surface area contributed by atoms with Crippen molar-refractivity contribution >= 4 is 5.91 Å². The van der Waals surface area contributed by atoms with Crippen molar-refractivity contribution in [3.05, 3.63) is 47.5 Å². The van der Waals surface area contributed by atoms with E-state index in [9.17, 15) is 4.79 Å². The smallest absolute Gasteiger partial charge is 0.253 e. The van der Waals surface area contributed by atoms with Gasteiger partial charge in [-0.25, -0.2) is 0 Å². The largest absolute Gasteiger partial charge is 0.493 e. The van der Waals surface area contributed by atoms with E-state index in [1.165, 1.54) is 0 Å². The third-order valence-corrected chi connectivity index (χ3v) is 3.48. The van der Waals surface area contributed by atoms with Crippen LogP contribution in [0.15, 0.2) is 36.4 Å². The van der Waals surface area contributed by atoms with Crippen molar-refractivity contribution < 1.29 is 14.3 Å². The first-order chi connectivity index (χ1) is 10.5. The van der Waals surface area contributed by atoms with Crippen molar-refractivity contribution in [1.29, 1.82) is 0 Å². The van der Waals surface area contributed by atoms with Gasteiger partial charge < -0.3 is 14.4 Å². The van der Waals surface area contributed by atoms with Crippen LogP contribution in [0.25, 0.3) is 11.1 Å². The molecule has 0 heterocycles. The molecule has 0 N–H and O–H groups in total. The Morgan fingerprint density at radius 2 is 1.68 bits per heavy atom. The third kappa shape index (κ3) is 2.91. The zero-order valence-corrected chi connectivity index (χ0v) is 13.6. The summed E-state index contributed by atoms with van der Waals surface area (Å²) in [5.41, 5.74) is 3.36. The average molecular weight is 299 g/mol. The number of rotatable bonds is 4. The van der Waals surface area contributed by atoms with Gasteiger partial charge in [0.25, 0.3) is 5.91 Å². The van der Waals surface area contributed by atoms with Crippen LogP contribution in [0.5, 0.6) is 11.5 Å². The van der Waals surface area contributed by atoms with Crippen LogP contribution >= 0.6 is 0 Å². The molecule has 0 saturated carbocycles. The third-order valence-electron chi connectivity index (χ3n) is 3.48. The Labute approximate surface area is 131 Å². The molecule has 4 nitrogen and oxygen atoms in total. The summed E-state index contributed by atoms with van der Waals surface area (Å²) in [5, 5.41) is 0. The lowest BCUT2D eigenvalue weighted by Gasteiger charge is -2.18. The topological polar surface area (TPSA) is 38.8 Å². The molecule has 0 bridgehead atoms. The summed E-state index contributed by atoms with van der Waals surface area (Å²) in [5.74, 6) is 1.25. The van der Waals surface area contributed by atoms with E-state index in [1.807, 2.05) is 43.3 Å². The first-order valence-electron chi connectivity index (χ1n) is 7.03. The van der Waals surface area contributed by atoms with Crippen LogP contribution in [0.4, 0.5) is 0 Å². The van der Waals surface area contributed by atoms with Crippen molar-refractivity contribution in [3.8, 4) is 22.6 Å². The van der Waals surface area contributed by atoms with E-state index < -0.39 is 0 Å². The van der Waals surface area contributed by atoms with Crippen LogP contribution in [-0.2, 0) is 0 Å². The van der Waals surface area contributed by atoms with E-state index in [2.05, 4.69) is 0 Å². The van der Waals surface area contributed by atoms with E-state index in [1.54, 1.807) is 33.2 Å². The molecule has 0 aliphatic rings. The van der Waals surface area contributed by atoms with Crippen LogP contribution in [-0.4, -0.2) is 39.1 Å². The lowest BCUT2D eigenvalue weighted by atomic mass is 9.96. The minimum Gasteiger partial charge on any atom is -0.493 e. The quantitative estimate of drug-likeness (QED) is 0.868. The van der Waals surface area contributed by atoms with Gasteiger partial charge in [-0.3, -0.25) is 4.79 Å². The first-order valence-corrected chi connectivity index (χ1v) is 7.03. The van der Waals surface area contributed by atoms with Gasteiger partial charge in [0.15, 0.2) is 11.5 Å². The molecule has 22 heavy (non-hydrogen) atoms. The van der Waals surface area contributed by atoms with E-state index in [4.69, 9.17) is 9.47 Å². The maximum absolute atomic E-state index is 12.4. The maximum atomic E-state index is 12.4. The lowest BCUT2D eigenvalue weighted by Crippen LogP contribution is -2.22. The Hall–Kier alpha value is -2.49. The van der Waals surface area contributed by atoms with Gasteiger partial charge in [0, 0.05) is 25.2 Å². The van der Waals surface area contributed by atoms with Crippen molar-refractivity contribution in [1.82, 2.24) is 4.90 Å². The summed E-state index contributed by atoms with van der Waals surface area (Å²) in [4.78, 5) is 14.0. The van der Waals surface area contributed by atoms with Gasteiger partial charge in [-0.15, -0.1) is 0 Å². The molecule has 2 rings (SSSR count). The number of ether oxygens (including phenoxy) is 2. The average Bonchev–Trinajstić information content (AvgIpc) is 2.53. The van der Waals surface area contributed by atoms with E-state index in [0.717, 1.165) is 16.7 Å². The number of benzene rings is 2. The van der Waals surface area contributed by atoms with Gasteiger partial charge in [0.05, 0.1) is 14.2 Å². The Bertz CT molecular complexity index is 693. The van der Waals surface area contributed by atoms with E-state index in [-0.39, 0.29) is 5.91 Å². The van der Waals surface area contributed by atoms with E-state index >= 15 is 0 Å². The Morgan fingerprint density at radius 3 is 2.27 bits per heavy atom. The Kier molecular flexibility index (Phi) is 4.71. The van der Waals surface area contributed by atoms with Crippen LogP contribution in [0, 0.1) is 6.92 Å². The molecule has 0 unspecified atom stereocenters. The molecule has 4 heteroatoms. The van der Waals surface area contributed by atoms with Crippen LogP contribution < -0.4 is 9.47 Å². The molecule has 0 radical (unpaired) electrons. The highest BCUT2D eigenvalue weighted by atomic mass is 16.5. The second-order valence-electron chi connectivity index (χ2n) is 5.29. The fourth-order valence-corrected chi connectivity index (χ4v) is 2.45. The van der Waals surface area contributed by atoms with Crippen molar-refractivity contribution in [2.75, 3.05) is 28.3 Å². The van der Waals surface area contributed by atoms with Gasteiger partial charge in [0.1, 0.15) is 0 Å². The maximum Gasteiger partial charge on any atom is 0.253 e. The second-order valence-corrected chi connectivity index (χ2v) is 5.29. The minimum absolute atomic E-state index is 0.0434. The fraction of sp³-hybridized carbons (Fsp3) is 0.278. The molecule has 0 spiro atoms. The summed E-state index contributed by atoms with van der Waals surface area (Å²) < 4.78 is 10.9. The molecule has 2 aromatic rings. The van der Waals surface area contributed by atoms with Gasteiger partial charge in [-0.1, -0.05) is 18.2 Å². The number of carbonyl (C=O) groups is 1. The molecule has 116 valence electrons. The number of methoxy groups -OCH3 is 2. The summed E-state index contributed by atoms with van der Waals surface area (Å²) >= 11 is 0. The molecular formula is C18H21NO3. The van der Waals surface area contributed by atoms with Gasteiger partial charge in [-0.05, 0) is 36.2 Å². The molecule has 2 aromatic carbocycles. The standard InChI is InChI=1S/C18H21NO3/c1-12-10-15(17(22-5)16(11-12)21-4)13-8-6-7-9-14(13)18(20)19(2)3/h6-11H,1-5H3. The number of carbonyl (C=O) groups excluding carboxylic acids is 1. The predicted octanol–water partition coefficient (Wildman–Crippen LogP) is 3.38. The molecule has 0 aliphatic heterocycles. The Morgan fingerprint density at radius 1 is 1.00 bits per heavy atom. The van der Waals surface area contributed by atoms with Gasteiger partial charge in [0.2, 0.25) is 0 Å². The summed E-state index contributed by atoms with van der Waals surface area (Å²) in [6.45, 7) is 1.99. The minimum atomic E-state index is -0.0434. The number of amides is 1. The fourth-order valence-electron chi connectivity index (χ4n) is 2.45. The number of hydrogen-bond donors (Lipinski definition) is 0. The molecule has 0 aromatic heterocycles. The lowest BCUT2D eigenvalue weighted by molar-refractivity contribution is 0.0828. The van der Waals surface area contributed by atoms with Gasteiger partial charge in [-0.2, -0.15) is 0 Å². The monoisotopic (exact) mass is 299 g/mol. The van der Waals surface area contributed by atoms with E-state index in [0.29, 0.717) is 17.1 Å². The zero-order chi connectivity index (χ0) is 16.3. The normalized spacial score (nSPS) is 10.2. The summed E-state index contributed by atoms with van der Waals surface area (Å²) in [6.07, 6.45) is 0. The molecular weight excluding hydrogens is 278 g/mol. The number of aryl methyl sites for hydroxylation is 1. The first kappa shape index (κ1) is 15.9. The molecule has 0 atom stereocenters. The highest BCUT2D eigenvalue weighted by molar-refractivity contribution is 6.01. The van der Waals surface area contributed by atoms with Crippen LogP contribution in [0.1, 0.15) is 15.9 Å². The van der Waals surface area contributed by atoms with Crippen molar-refractivity contribution in [3.63, 3.8) is 0 Å². The molecule has 0 saturated heterocycles. The highest BCUT2D eigenvalue weighted by Crippen LogP contribution is 2.40. The van der Waals surface area contributed by atoms with Gasteiger partial charge >= 0.3 is 0 Å². The molecule has 0 aliphatic carbocycles. The van der Waals surface area contributed by atoms with Crippen molar-refractivity contribution in [2.45, 2.75) is 6.92 Å². The molecule has 0 fully saturated rings. The predicted molar refractivity (Wildman–Crippen MR) is 87.7 cm³/mol. The second kappa shape index (κ2) is 6.52. The van der Waals surface area contributed by atoms with Crippen LogP contribution in [0.2, 0.25) is 0 Å². The molecule has 1 amide bonds. The summed E-state index contributed by atoms with van der Waals surface area (Å²) in [6, 6.07) is 11.4. The SMILES string of the molecule is COc1cc(C)cc(-c2ccccc2C(=O)N(C)C)c1OC. The van der Waals surface area contributed by atoms with Crippen LogP contribution in [0.3, 0.4) is 0 Å². The number of nitrogens with zero attached hydrogens (tertiary/aromatic N) is 1. The highest BCUT2D eigenvalue weighted by Gasteiger charge is 2.19. The number of hydrogen-bond acceptors (Lipinski definition) is 3. The van der Waals surface area contributed by atoms with Crippen molar-refractivity contribution in [2.24, 2.45) is 0 Å². The zero-order valence-electron chi connectivity index (χ0n) is 13.6. The Balaban J connectivity index is 2.72. The summed E-state index contributed by atoms with van der Waals surface area (Å²) in [7, 11) is 6.70.